The van der Waals surface area contributed by atoms with Crippen molar-refractivity contribution >= 4 is 5.97 Å². The Balaban J connectivity index is 1.98. The van der Waals surface area contributed by atoms with Crippen molar-refractivity contribution in [3.8, 4) is 5.75 Å². The van der Waals surface area contributed by atoms with Crippen molar-refractivity contribution in [1.29, 1.82) is 0 Å². The monoisotopic (exact) mass is 230 g/mol. The zero-order valence-corrected chi connectivity index (χ0v) is 8.91. The first-order valence-electron chi connectivity index (χ1n) is 4.97. The van der Waals surface area contributed by atoms with Gasteiger partial charge in [0.1, 0.15) is 18.1 Å². The Hall–Kier alpha value is -2.43. The van der Waals surface area contributed by atoms with Crippen LogP contribution >= 0.6 is 0 Å². The lowest BCUT2D eigenvalue weighted by molar-refractivity contribution is 0.0690. The highest BCUT2D eigenvalue weighted by Gasteiger charge is 2.03. The number of rotatable bonds is 4. The van der Waals surface area contributed by atoms with E-state index in [1.54, 1.807) is 30.6 Å². The molecule has 0 bridgehead atoms. The maximum Gasteiger partial charge on any atom is 0.354 e. The zero-order chi connectivity index (χ0) is 12.1. The van der Waals surface area contributed by atoms with E-state index in [-0.39, 0.29) is 5.69 Å². The molecule has 0 radical (unpaired) electrons. The molecule has 2 aromatic heterocycles. The van der Waals surface area contributed by atoms with Crippen molar-refractivity contribution in [3.05, 3.63) is 54.1 Å². The van der Waals surface area contributed by atoms with E-state index in [9.17, 15) is 4.79 Å². The van der Waals surface area contributed by atoms with Gasteiger partial charge in [0, 0.05) is 18.0 Å². The molecule has 0 saturated carbocycles. The van der Waals surface area contributed by atoms with Gasteiger partial charge in [-0.3, -0.25) is 4.98 Å². The molecule has 5 heteroatoms. The highest BCUT2D eigenvalue weighted by Crippen LogP contribution is 2.09. The van der Waals surface area contributed by atoms with Gasteiger partial charge in [0.25, 0.3) is 0 Å². The van der Waals surface area contributed by atoms with E-state index in [1.807, 2.05) is 0 Å². The summed E-state index contributed by atoms with van der Waals surface area (Å²) < 4.78 is 5.44. The second-order valence-electron chi connectivity index (χ2n) is 3.33. The molecule has 0 aromatic carbocycles. The number of hydrogen-bond acceptors (Lipinski definition) is 4. The molecule has 1 N–H and O–H groups in total. The van der Waals surface area contributed by atoms with Crippen LogP contribution in [0.3, 0.4) is 0 Å². The van der Waals surface area contributed by atoms with Crippen LogP contribution in [0.1, 0.15) is 16.1 Å². The molecule has 0 spiro atoms. The first-order chi connectivity index (χ1) is 8.25. The lowest BCUT2D eigenvalue weighted by Crippen LogP contribution is -2.02. The quantitative estimate of drug-likeness (QED) is 0.866. The van der Waals surface area contributed by atoms with E-state index in [0.717, 1.165) is 5.56 Å². The topological polar surface area (TPSA) is 72.3 Å². The second-order valence-corrected chi connectivity index (χ2v) is 3.33. The van der Waals surface area contributed by atoms with Crippen molar-refractivity contribution in [1.82, 2.24) is 9.97 Å². The normalized spacial score (nSPS) is 9.88. The molecule has 0 aliphatic carbocycles. The zero-order valence-electron chi connectivity index (χ0n) is 8.91. The number of carbonyl (C=O) groups is 1. The number of pyridine rings is 2. The van der Waals surface area contributed by atoms with Crippen LogP contribution in [0.25, 0.3) is 0 Å². The molecule has 0 amide bonds. The second kappa shape index (κ2) is 5.07. The Labute approximate surface area is 97.7 Å². The minimum absolute atomic E-state index is 0.0233. The molecule has 2 aromatic rings. The molecule has 2 rings (SSSR count). The number of ether oxygens (including phenoxy) is 1. The summed E-state index contributed by atoms with van der Waals surface area (Å²) in [7, 11) is 0. The summed E-state index contributed by atoms with van der Waals surface area (Å²) in [5.41, 5.74) is 0.828. The number of hydrogen-bond donors (Lipinski definition) is 1. The van der Waals surface area contributed by atoms with Crippen LogP contribution in [-0.2, 0) is 6.61 Å². The molecule has 0 aliphatic heterocycles. The highest BCUT2D eigenvalue weighted by atomic mass is 16.5. The minimum Gasteiger partial charge on any atom is -0.487 e. The third-order valence-electron chi connectivity index (χ3n) is 2.08. The molecular weight excluding hydrogens is 220 g/mol. The van der Waals surface area contributed by atoms with Crippen molar-refractivity contribution in [2.75, 3.05) is 0 Å². The standard InChI is InChI=1S/C12H10N2O3/c15-12(16)11-4-3-9(6-14-11)8-17-10-2-1-5-13-7-10/h1-7H,8H2,(H,15,16). The fraction of sp³-hybridized carbons (Fsp3) is 0.0833. The van der Waals surface area contributed by atoms with E-state index < -0.39 is 5.97 Å². The maximum absolute atomic E-state index is 10.6. The van der Waals surface area contributed by atoms with Gasteiger partial charge < -0.3 is 9.84 Å². The molecule has 5 nitrogen and oxygen atoms in total. The van der Waals surface area contributed by atoms with Crippen LogP contribution in [0, 0.1) is 0 Å². The summed E-state index contributed by atoms with van der Waals surface area (Å²) >= 11 is 0. The van der Waals surface area contributed by atoms with Crippen molar-refractivity contribution < 1.29 is 14.6 Å². The van der Waals surface area contributed by atoms with Crippen LogP contribution in [0.15, 0.2) is 42.9 Å². The first kappa shape index (κ1) is 11.1. The summed E-state index contributed by atoms with van der Waals surface area (Å²) in [6.45, 7) is 0.332. The van der Waals surface area contributed by atoms with Gasteiger partial charge in [0.05, 0.1) is 6.20 Å². The molecule has 0 aliphatic rings. The smallest absolute Gasteiger partial charge is 0.354 e. The van der Waals surface area contributed by atoms with Gasteiger partial charge in [-0.05, 0) is 18.2 Å². The van der Waals surface area contributed by atoms with E-state index in [2.05, 4.69) is 9.97 Å². The van der Waals surface area contributed by atoms with Crippen molar-refractivity contribution in [2.24, 2.45) is 0 Å². The van der Waals surface area contributed by atoms with Gasteiger partial charge in [-0.1, -0.05) is 6.07 Å². The van der Waals surface area contributed by atoms with Gasteiger partial charge >= 0.3 is 5.97 Å². The maximum atomic E-state index is 10.6. The van der Waals surface area contributed by atoms with Gasteiger partial charge in [0.15, 0.2) is 0 Å². The molecule has 0 saturated heterocycles. The van der Waals surface area contributed by atoms with Crippen LogP contribution < -0.4 is 4.74 Å². The molecular formula is C12H10N2O3. The van der Waals surface area contributed by atoms with E-state index in [0.29, 0.717) is 12.4 Å². The van der Waals surface area contributed by atoms with Crippen molar-refractivity contribution in [2.45, 2.75) is 6.61 Å². The van der Waals surface area contributed by atoms with Crippen LogP contribution in [0.5, 0.6) is 5.75 Å². The van der Waals surface area contributed by atoms with Crippen LogP contribution in [0.2, 0.25) is 0 Å². The van der Waals surface area contributed by atoms with E-state index >= 15 is 0 Å². The average Bonchev–Trinajstić information content (AvgIpc) is 2.38. The molecule has 0 atom stereocenters. The van der Waals surface area contributed by atoms with E-state index in [1.165, 1.54) is 12.3 Å². The summed E-state index contributed by atoms with van der Waals surface area (Å²) in [4.78, 5) is 18.3. The predicted octanol–water partition coefficient (Wildman–Crippen LogP) is 1.75. The van der Waals surface area contributed by atoms with Crippen LogP contribution in [0.4, 0.5) is 0 Å². The highest BCUT2D eigenvalue weighted by molar-refractivity contribution is 5.85. The molecule has 86 valence electrons. The summed E-state index contributed by atoms with van der Waals surface area (Å²) in [5, 5.41) is 8.68. The predicted molar refractivity (Wildman–Crippen MR) is 59.8 cm³/mol. The Morgan fingerprint density at radius 3 is 2.76 bits per heavy atom. The summed E-state index contributed by atoms with van der Waals surface area (Å²) in [5.74, 6) is -0.375. The third-order valence-corrected chi connectivity index (χ3v) is 2.08. The van der Waals surface area contributed by atoms with Gasteiger partial charge in [-0.15, -0.1) is 0 Å². The molecule has 0 fully saturated rings. The number of carboxylic acid groups (broad SMARTS) is 1. The fourth-order valence-electron chi connectivity index (χ4n) is 1.24. The molecule has 17 heavy (non-hydrogen) atoms. The first-order valence-corrected chi connectivity index (χ1v) is 4.97. The van der Waals surface area contributed by atoms with Gasteiger partial charge in [-0.2, -0.15) is 0 Å². The summed E-state index contributed by atoms with van der Waals surface area (Å²) in [6.07, 6.45) is 4.76. The fourth-order valence-corrected chi connectivity index (χ4v) is 1.24. The van der Waals surface area contributed by atoms with Gasteiger partial charge in [0.2, 0.25) is 0 Å². The number of aromatic carboxylic acids is 1. The SMILES string of the molecule is O=C(O)c1ccc(COc2cccnc2)cn1. The van der Waals surface area contributed by atoms with Crippen molar-refractivity contribution in [3.63, 3.8) is 0 Å². The lowest BCUT2D eigenvalue weighted by atomic mass is 10.2. The Bertz CT molecular complexity index is 497. The molecule has 0 unspecified atom stereocenters. The summed E-state index contributed by atoms with van der Waals surface area (Å²) in [6, 6.07) is 6.70. The van der Waals surface area contributed by atoms with E-state index in [4.69, 9.17) is 9.84 Å². The number of carboxylic acids is 1. The number of aromatic nitrogens is 2. The van der Waals surface area contributed by atoms with Crippen LogP contribution in [-0.4, -0.2) is 21.0 Å². The largest absolute Gasteiger partial charge is 0.487 e. The Morgan fingerprint density at radius 2 is 2.18 bits per heavy atom. The van der Waals surface area contributed by atoms with Gasteiger partial charge in [-0.25, -0.2) is 9.78 Å². The average molecular weight is 230 g/mol. The third kappa shape index (κ3) is 3.01. The minimum atomic E-state index is -1.04. The lowest BCUT2D eigenvalue weighted by Gasteiger charge is -2.05. The Kier molecular flexibility index (Phi) is 3.30. The number of nitrogens with zero attached hydrogens (tertiary/aromatic N) is 2. The Morgan fingerprint density at radius 1 is 1.29 bits per heavy atom. The molecule has 2 heterocycles.